The SMILES string of the molecule is CN1[C@H]2CC[C@H]1CN(Cc1ccc(OC[C@H]3CCCO3)cc1)CC2. The van der Waals surface area contributed by atoms with Gasteiger partial charge >= 0.3 is 0 Å². The van der Waals surface area contributed by atoms with Gasteiger partial charge in [0.15, 0.2) is 0 Å². The summed E-state index contributed by atoms with van der Waals surface area (Å²) in [5.74, 6) is 0.962. The summed E-state index contributed by atoms with van der Waals surface area (Å²) in [4.78, 5) is 5.24. The number of hydrogen-bond acceptors (Lipinski definition) is 4. The second kappa shape index (κ2) is 7.42. The third kappa shape index (κ3) is 3.76. The predicted molar refractivity (Wildman–Crippen MR) is 95.4 cm³/mol. The van der Waals surface area contributed by atoms with E-state index in [4.69, 9.17) is 9.47 Å². The van der Waals surface area contributed by atoms with Crippen LogP contribution in [0.2, 0.25) is 0 Å². The van der Waals surface area contributed by atoms with Crippen LogP contribution in [-0.4, -0.2) is 61.3 Å². The van der Waals surface area contributed by atoms with Crippen LogP contribution in [0.25, 0.3) is 0 Å². The number of nitrogens with zero attached hydrogens (tertiary/aromatic N) is 2. The van der Waals surface area contributed by atoms with Crippen molar-refractivity contribution in [2.24, 2.45) is 0 Å². The predicted octanol–water partition coefficient (Wildman–Crippen LogP) is 2.91. The van der Waals surface area contributed by atoms with Crippen LogP contribution in [0.1, 0.15) is 37.7 Å². The van der Waals surface area contributed by atoms with E-state index in [1.807, 2.05) is 0 Å². The van der Waals surface area contributed by atoms with E-state index >= 15 is 0 Å². The van der Waals surface area contributed by atoms with Crippen molar-refractivity contribution in [1.29, 1.82) is 0 Å². The maximum atomic E-state index is 5.86. The van der Waals surface area contributed by atoms with Gasteiger partial charge in [-0.15, -0.1) is 0 Å². The Balaban J connectivity index is 1.28. The normalized spacial score (nSPS) is 31.3. The molecule has 1 aromatic rings. The Bertz CT molecular complexity index is 527. The minimum absolute atomic E-state index is 0.286. The van der Waals surface area contributed by atoms with Crippen LogP contribution >= 0.6 is 0 Å². The second-order valence-corrected chi connectivity index (χ2v) is 7.66. The summed E-state index contributed by atoms with van der Waals surface area (Å²) in [7, 11) is 2.31. The quantitative estimate of drug-likeness (QED) is 0.829. The van der Waals surface area contributed by atoms with Crippen LogP contribution < -0.4 is 4.74 Å². The van der Waals surface area contributed by atoms with E-state index < -0.39 is 0 Å². The van der Waals surface area contributed by atoms with Gasteiger partial charge in [-0.1, -0.05) is 12.1 Å². The first-order valence-electron chi connectivity index (χ1n) is 9.55. The van der Waals surface area contributed by atoms with E-state index in [0.717, 1.165) is 37.4 Å². The first-order valence-corrected chi connectivity index (χ1v) is 9.55. The Kier molecular flexibility index (Phi) is 5.06. The largest absolute Gasteiger partial charge is 0.491 e. The molecule has 3 saturated heterocycles. The van der Waals surface area contributed by atoms with Crippen LogP contribution in [0.15, 0.2) is 24.3 Å². The maximum absolute atomic E-state index is 5.86. The average molecular weight is 330 g/mol. The molecule has 4 nitrogen and oxygen atoms in total. The molecule has 1 aromatic carbocycles. The molecule has 3 aliphatic heterocycles. The first-order chi connectivity index (χ1) is 11.8. The van der Waals surface area contributed by atoms with Gasteiger partial charge in [-0.3, -0.25) is 9.80 Å². The Hall–Kier alpha value is -1.10. The van der Waals surface area contributed by atoms with Gasteiger partial charge in [-0.05, 0) is 56.8 Å². The van der Waals surface area contributed by atoms with Crippen molar-refractivity contribution in [3.8, 4) is 5.75 Å². The number of likely N-dealkylation sites (N-methyl/N-ethyl adjacent to an activating group) is 1. The van der Waals surface area contributed by atoms with E-state index in [0.29, 0.717) is 6.61 Å². The number of rotatable bonds is 5. The zero-order valence-electron chi connectivity index (χ0n) is 14.8. The van der Waals surface area contributed by atoms with Crippen molar-refractivity contribution in [2.75, 3.05) is 33.4 Å². The summed E-state index contributed by atoms with van der Waals surface area (Å²) in [5, 5.41) is 0. The second-order valence-electron chi connectivity index (χ2n) is 7.66. The molecule has 0 unspecified atom stereocenters. The fourth-order valence-electron chi connectivity index (χ4n) is 4.44. The van der Waals surface area contributed by atoms with Crippen molar-refractivity contribution in [3.05, 3.63) is 29.8 Å². The molecule has 4 heteroatoms. The zero-order valence-corrected chi connectivity index (χ0v) is 14.8. The molecule has 0 aromatic heterocycles. The van der Waals surface area contributed by atoms with Gasteiger partial charge in [-0.25, -0.2) is 0 Å². The number of benzene rings is 1. The highest BCUT2D eigenvalue weighted by Crippen LogP contribution is 2.29. The lowest BCUT2D eigenvalue weighted by Crippen LogP contribution is -2.36. The molecule has 0 spiro atoms. The molecule has 0 aliphatic carbocycles. The van der Waals surface area contributed by atoms with Gasteiger partial charge in [-0.2, -0.15) is 0 Å². The van der Waals surface area contributed by atoms with E-state index in [-0.39, 0.29) is 6.10 Å². The molecule has 0 amide bonds. The van der Waals surface area contributed by atoms with Gasteiger partial charge in [0.05, 0.1) is 6.10 Å². The molecule has 2 bridgehead atoms. The van der Waals surface area contributed by atoms with Crippen LogP contribution in [0, 0.1) is 0 Å². The summed E-state index contributed by atoms with van der Waals surface area (Å²) in [6.45, 7) is 5.07. The molecule has 3 aliphatic rings. The number of hydrogen-bond donors (Lipinski definition) is 0. The Morgan fingerprint density at radius 2 is 1.92 bits per heavy atom. The molecule has 3 fully saturated rings. The summed E-state index contributed by atoms with van der Waals surface area (Å²) in [5.41, 5.74) is 1.39. The van der Waals surface area contributed by atoms with Crippen LogP contribution in [-0.2, 0) is 11.3 Å². The van der Waals surface area contributed by atoms with Crippen LogP contribution in [0.5, 0.6) is 5.75 Å². The van der Waals surface area contributed by atoms with Crippen molar-refractivity contribution in [3.63, 3.8) is 0 Å². The van der Waals surface area contributed by atoms with Crippen LogP contribution in [0.3, 0.4) is 0 Å². The molecule has 4 rings (SSSR count). The topological polar surface area (TPSA) is 24.9 Å². The van der Waals surface area contributed by atoms with E-state index in [9.17, 15) is 0 Å². The van der Waals surface area contributed by atoms with E-state index in [1.54, 1.807) is 0 Å². The highest BCUT2D eigenvalue weighted by atomic mass is 16.5. The highest BCUT2D eigenvalue weighted by molar-refractivity contribution is 5.27. The standard InChI is InChI=1S/C20H30N2O2/c1-21-17-6-7-18(21)14-22(11-10-17)13-16-4-8-19(9-5-16)24-15-20-3-2-12-23-20/h4-5,8-9,17-18,20H,2-3,6-7,10-15H2,1H3/t17-,18-,20+/m0/s1. The van der Waals surface area contributed by atoms with Gasteiger partial charge in [0.2, 0.25) is 0 Å². The fraction of sp³-hybridized carbons (Fsp3) is 0.700. The summed E-state index contributed by atoms with van der Waals surface area (Å²) >= 11 is 0. The third-order valence-electron chi connectivity index (χ3n) is 6.02. The molecule has 0 saturated carbocycles. The molecular formula is C20H30N2O2. The van der Waals surface area contributed by atoms with Crippen molar-refractivity contribution in [1.82, 2.24) is 9.80 Å². The molecule has 0 radical (unpaired) electrons. The van der Waals surface area contributed by atoms with Gasteiger partial charge < -0.3 is 9.47 Å². The van der Waals surface area contributed by atoms with Crippen molar-refractivity contribution in [2.45, 2.75) is 56.8 Å². The Labute approximate surface area is 145 Å². The lowest BCUT2D eigenvalue weighted by atomic mass is 10.1. The molecule has 132 valence electrons. The minimum Gasteiger partial charge on any atom is -0.491 e. The van der Waals surface area contributed by atoms with Crippen molar-refractivity contribution < 1.29 is 9.47 Å². The Morgan fingerprint density at radius 3 is 2.71 bits per heavy atom. The number of likely N-dealkylation sites (tertiary alicyclic amines) is 1. The average Bonchev–Trinajstić information content (AvgIpc) is 3.18. The lowest BCUT2D eigenvalue weighted by Gasteiger charge is -2.25. The molecule has 3 atom stereocenters. The van der Waals surface area contributed by atoms with Crippen LogP contribution in [0.4, 0.5) is 0 Å². The molecule has 3 heterocycles. The minimum atomic E-state index is 0.286. The summed E-state index contributed by atoms with van der Waals surface area (Å²) in [6, 6.07) is 10.2. The summed E-state index contributed by atoms with van der Waals surface area (Å²) < 4.78 is 11.5. The maximum Gasteiger partial charge on any atom is 0.119 e. The van der Waals surface area contributed by atoms with Gasteiger partial charge in [0.1, 0.15) is 12.4 Å². The van der Waals surface area contributed by atoms with E-state index in [2.05, 4.69) is 41.1 Å². The summed E-state index contributed by atoms with van der Waals surface area (Å²) in [6.07, 6.45) is 6.66. The monoisotopic (exact) mass is 330 g/mol. The number of ether oxygens (including phenoxy) is 2. The fourth-order valence-corrected chi connectivity index (χ4v) is 4.44. The smallest absolute Gasteiger partial charge is 0.119 e. The van der Waals surface area contributed by atoms with Gasteiger partial charge in [0, 0.05) is 38.3 Å². The molecular weight excluding hydrogens is 300 g/mol. The van der Waals surface area contributed by atoms with E-state index in [1.165, 1.54) is 44.3 Å². The first kappa shape index (κ1) is 16.4. The molecule has 0 N–H and O–H groups in total. The molecule has 24 heavy (non-hydrogen) atoms. The number of fused-ring (bicyclic) bond motifs is 2. The van der Waals surface area contributed by atoms with Gasteiger partial charge in [0.25, 0.3) is 0 Å². The van der Waals surface area contributed by atoms with Crippen molar-refractivity contribution >= 4 is 0 Å². The Morgan fingerprint density at radius 1 is 1.08 bits per heavy atom. The third-order valence-corrected chi connectivity index (χ3v) is 6.02. The lowest BCUT2D eigenvalue weighted by molar-refractivity contribution is 0.0679. The zero-order chi connectivity index (χ0) is 16.4. The highest BCUT2D eigenvalue weighted by Gasteiger charge is 2.34.